The molecule has 1 heteroatoms. The van der Waals surface area contributed by atoms with Gasteiger partial charge in [0.15, 0.2) is 0 Å². The van der Waals surface area contributed by atoms with E-state index in [2.05, 4.69) is 43.5 Å². The summed E-state index contributed by atoms with van der Waals surface area (Å²) in [5, 5.41) is 3.34. The number of allylic oxidation sites excluding steroid dienone is 2. The fourth-order valence-electron chi connectivity index (χ4n) is 1.58. The van der Waals surface area contributed by atoms with Gasteiger partial charge in [0.05, 0.1) is 0 Å². The van der Waals surface area contributed by atoms with Gasteiger partial charge in [0.2, 0.25) is 0 Å². The summed E-state index contributed by atoms with van der Waals surface area (Å²) in [4.78, 5) is 0. The molecular formula is C11H15N. The second-order valence-corrected chi connectivity index (χ2v) is 4.14. The zero-order valence-corrected chi connectivity index (χ0v) is 7.72. The van der Waals surface area contributed by atoms with Crippen LogP contribution in [0.15, 0.2) is 35.5 Å². The lowest BCUT2D eigenvalue weighted by Gasteiger charge is -2.12. The van der Waals surface area contributed by atoms with E-state index in [-0.39, 0.29) is 5.41 Å². The van der Waals surface area contributed by atoms with Crippen LogP contribution in [0.2, 0.25) is 0 Å². The molecule has 0 fully saturated rings. The Morgan fingerprint density at radius 2 is 1.58 bits per heavy atom. The van der Waals surface area contributed by atoms with Gasteiger partial charge in [-0.1, -0.05) is 38.2 Å². The molecule has 1 aliphatic carbocycles. The third-order valence-corrected chi connectivity index (χ3v) is 2.47. The molecule has 2 rings (SSSR count). The minimum absolute atomic E-state index is 0.227. The molecule has 0 aromatic heterocycles. The van der Waals surface area contributed by atoms with Gasteiger partial charge in [0.25, 0.3) is 0 Å². The van der Waals surface area contributed by atoms with E-state index in [4.69, 9.17) is 0 Å². The van der Waals surface area contributed by atoms with E-state index in [1.165, 1.54) is 11.1 Å². The summed E-state index contributed by atoms with van der Waals surface area (Å²) in [7, 11) is 0. The van der Waals surface area contributed by atoms with E-state index in [1.54, 1.807) is 0 Å². The maximum Gasteiger partial charge on any atom is 0.0211 e. The first-order valence-corrected chi connectivity index (χ1v) is 4.49. The van der Waals surface area contributed by atoms with Crippen molar-refractivity contribution in [3.8, 4) is 0 Å². The standard InChI is InChI=1S/C11H15N/c1-11(2)5-3-9-7-12-8-10(9)4-6-11/h3-6,12H,7-8H2,1-2H3. The van der Waals surface area contributed by atoms with Crippen molar-refractivity contribution in [2.45, 2.75) is 13.8 Å². The van der Waals surface area contributed by atoms with E-state index >= 15 is 0 Å². The van der Waals surface area contributed by atoms with Crippen molar-refractivity contribution >= 4 is 0 Å². The fraction of sp³-hybridized carbons (Fsp3) is 0.455. The SMILES string of the molecule is CC1(C)C=CC2=C(C=C1)CNC2. The Kier molecular flexibility index (Phi) is 1.69. The summed E-state index contributed by atoms with van der Waals surface area (Å²) in [6.45, 7) is 6.53. The molecule has 12 heavy (non-hydrogen) atoms. The lowest BCUT2D eigenvalue weighted by Crippen LogP contribution is -2.09. The summed E-state index contributed by atoms with van der Waals surface area (Å²) in [6, 6.07) is 0. The zero-order chi connectivity index (χ0) is 8.60. The molecule has 0 amide bonds. The third-order valence-electron chi connectivity index (χ3n) is 2.47. The first-order chi connectivity index (χ1) is 5.67. The lowest BCUT2D eigenvalue weighted by atomic mass is 9.93. The van der Waals surface area contributed by atoms with E-state index in [9.17, 15) is 0 Å². The van der Waals surface area contributed by atoms with Crippen LogP contribution in [0, 0.1) is 5.41 Å². The van der Waals surface area contributed by atoms with Gasteiger partial charge in [-0.15, -0.1) is 0 Å². The van der Waals surface area contributed by atoms with Gasteiger partial charge in [-0.3, -0.25) is 0 Å². The Balaban J connectivity index is 2.34. The van der Waals surface area contributed by atoms with Crippen molar-refractivity contribution in [2.75, 3.05) is 13.1 Å². The molecule has 0 bridgehead atoms. The fourth-order valence-corrected chi connectivity index (χ4v) is 1.58. The molecule has 0 aromatic carbocycles. The van der Waals surface area contributed by atoms with Crippen LogP contribution in [-0.2, 0) is 0 Å². The summed E-state index contributed by atoms with van der Waals surface area (Å²) >= 11 is 0. The van der Waals surface area contributed by atoms with Gasteiger partial charge < -0.3 is 5.32 Å². The van der Waals surface area contributed by atoms with Crippen molar-refractivity contribution in [2.24, 2.45) is 5.41 Å². The monoisotopic (exact) mass is 161 g/mol. The highest BCUT2D eigenvalue weighted by atomic mass is 14.9. The molecule has 1 heterocycles. The average molecular weight is 161 g/mol. The number of hydrogen-bond acceptors (Lipinski definition) is 1. The number of nitrogens with one attached hydrogen (secondary N) is 1. The van der Waals surface area contributed by atoms with Crippen LogP contribution in [0.5, 0.6) is 0 Å². The van der Waals surface area contributed by atoms with E-state index in [1.807, 2.05) is 0 Å². The Hall–Kier alpha value is -0.820. The molecule has 0 aromatic rings. The van der Waals surface area contributed by atoms with Gasteiger partial charge >= 0.3 is 0 Å². The molecule has 1 nitrogen and oxygen atoms in total. The highest BCUT2D eigenvalue weighted by Crippen LogP contribution is 2.26. The number of rotatable bonds is 0. The smallest absolute Gasteiger partial charge is 0.0211 e. The van der Waals surface area contributed by atoms with Gasteiger partial charge in [-0.05, 0) is 11.1 Å². The summed E-state index contributed by atoms with van der Waals surface area (Å²) in [6.07, 6.45) is 9.07. The van der Waals surface area contributed by atoms with Crippen LogP contribution >= 0.6 is 0 Å². The largest absolute Gasteiger partial charge is 0.309 e. The summed E-state index contributed by atoms with van der Waals surface area (Å²) in [5.74, 6) is 0. The van der Waals surface area contributed by atoms with Gasteiger partial charge in [0.1, 0.15) is 0 Å². The maximum absolute atomic E-state index is 3.34. The van der Waals surface area contributed by atoms with Gasteiger partial charge in [-0.2, -0.15) is 0 Å². The Bertz CT molecular complexity index is 253. The predicted octanol–water partition coefficient (Wildman–Crippen LogP) is 2.04. The van der Waals surface area contributed by atoms with Gasteiger partial charge in [0, 0.05) is 18.5 Å². The van der Waals surface area contributed by atoms with Crippen LogP contribution in [0.4, 0.5) is 0 Å². The molecular weight excluding hydrogens is 146 g/mol. The molecule has 64 valence electrons. The highest BCUT2D eigenvalue weighted by molar-refractivity contribution is 5.42. The highest BCUT2D eigenvalue weighted by Gasteiger charge is 2.16. The van der Waals surface area contributed by atoms with Crippen LogP contribution < -0.4 is 5.32 Å². The quantitative estimate of drug-likeness (QED) is 0.573. The second kappa shape index (κ2) is 2.60. The van der Waals surface area contributed by atoms with Crippen molar-refractivity contribution in [1.29, 1.82) is 0 Å². The zero-order valence-electron chi connectivity index (χ0n) is 7.72. The summed E-state index contributed by atoms with van der Waals surface area (Å²) in [5.41, 5.74) is 3.14. The molecule has 1 N–H and O–H groups in total. The Labute approximate surface area is 73.9 Å². The van der Waals surface area contributed by atoms with E-state index < -0.39 is 0 Å². The maximum atomic E-state index is 3.34. The van der Waals surface area contributed by atoms with Crippen LogP contribution in [0.1, 0.15) is 13.8 Å². The first-order valence-electron chi connectivity index (χ1n) is 4.49. The normalized spacial score (nSPS) is 25.8. The van der Waals surface area contributed by atoms with E-state index in [0.29, 0.717) is 0 Å². The molecule has 2 aliphatic rings. The van der Waals surface area contributed by atoms with Crippen LogP contribution in [0.25, 0.3) is 0 Å². The number of hydrogen-bond donors (Lipinski definition) is 1. The van der Waals surface area contributed by atoms with Gasteiger partial charge in [-0.25, -0.2) is 0 Å². The second-order valence-electron chi connectivity index (χ2n) is 4.14. The van der Waals surface area contributed by atoms with E-state index in [0.717, 1.165) is 13.1 Å². The molecule has 0 unspecified atom stereocenters. The minimum Gasteiger partial charge on any atom is -0.309 e. The molecule has 0 spiro atoms. The Morgan fingerprint density at radius 3 is 2.08 bits per heavy atom. The topological polar surface area (TPSA) is 12.0 Å². The van der Waals surface area contributed by atoms with Crippen molar-refractivity contribution in [3.05, 3.63) is 35.5 Å². The van der Waals surface area contributed by atoms with Crippen molar-refractivity contribution < 1.29 is 0 Å². The van der Waals surface area contributed by atoms with Crippen molar-refractivity contribution in [1.82, 2.24) is 5.32 Å². The van der Waals surface area contributed by atoms with Crippen molar-refractivity contribution in [3.63, 3.8) is 0 Å². The molecule has 1 aliphatic heterocycles. The lowest BCUT2D eigenvalue weighted by molar-refractivity contribution is 0.625. The summed E-state index contributed by atoms with van der Waals surface area (Å²) < 4.78 is 0. The average Bonchev–Trinajstić information content (AvgIpc) is 2.40. The van der Waals surface area contributed by atoms with Crippen LogP contribution in [-0.4, -0.2) is 13.1 Å². The Morgan fingerprint density at radius 1 is 1.08 bits per heavy atom. The molecule has 0 saturated heterocycles. The predicted molar refractivity (Wildman–Crippen MR) is 52.0 cm³/mol. The molecule has 0 saturated carbocycles. The molecule has 0 radical (unpaired) electrons. The molecule has 0 atom stereocenters. The third kappa shape index (κ3) is 1.37. The van der Waals surface area contributed by atoms with Crippen LogP contribution in [0.3, 0.4) is 0 Å². The first kappa shape index (κ1) is 7.81. The minimum atomic E-state index is 0.227.